The second-order valence-electron chi connectivity index (χ2n) is 6.13. The van der Waals surface area contributed by atoms with E-state index in [9.17, 15) is 4.79 Å². The highest BCUT2D eigenvalue weighted by atomic mass is 32.1. The Morgan fingerprint density at radius 1 is 1.43 bits per heavy atom. The van der Waals surface area contributed by atoms with Crippen molar-refractivity contribution in [1.29, 1.82) is 0 Å². The molecule has 0 N–H and O–H groups in total. The van der Waals surface area contributed by atoms with Gasteiger partial charge in [-0.25, -0.2) is 4.98 Å². The summed E-state index contributed by atoms with van der Waals surface area (Å²) in [5, 5.41) is 2.79. The van der Waals surface area contributed by atoms with E-state index in [2.05, 4.69) is 9.88 Å². The molecule has 23 heavy (non-hydrogen) atoms. The maximum absolute atomic E-state index is 12.6. The summed E-state index contributed by atoms with van der Waals surface area (Å²) in [5.74, 6) is 0.0523. The van der Waals surface area contributed by atoms with Crippen molar-refractivity contribution in [3.8, 4) is 0 Å². The normalized spacial score (nSPS) is 25.9. The second-order valence-corrected chi connectivity index (χ2v) is 7.19. The lowest BCUT2D eigenvalue weighted by Crippen LogP contribution is -2.52. The number of ether oxygens (including phenoxy) is 2. The van der Waals surface area contributed by atoms with Crippen molar-refractivity contribution in [3.05, 3.63) is 16.1 Å². The first-order valence-electron chi connectivity index (χ1n) is 8.25. The third kappa shape index (κ3) is 3.91. The molecule has 1 aromatic heterocycles. The first-order chi connectivity index (χ1) is 11.2. The van der Waals surface area contributed by atoms with Crippen LogP contribution in [0.4, 0.5) is 0 Å². The number of hydrogen-bond donors (Lipinski definition) is 0. The molecule has 2 atom stereocenters. The Labute approximate surface area is 141 Å². The van der Waals surface area contributed by atoms with E-state index in [1.165, 1.54) is 11.3 Å². The van der Waals surface area contributed by atoms with E-state index in [0.29, 0.717) is 11.7 Å². The second kappa shape index (κ2) is 7.70. The Hall–Kier alpha value is -1.02. The van der Waals surface area contributed by atoms with Crippen molar-refractivity contribution in [3.63, 3.8) is 0 Å². The molecule has 2 fully saturated rings. The van der Waals surface area contributed by atoms with Gasteiger partial charge >= 0.3 is 0 Å². The molecule has 0 saturated carbocycles. The molecule has 1 aromatic rings. The number of carbonyl (C=O) groups is 1. The number of fused-ring (bicyclic) bond motifs is 1. The molecule has 2 aliphatic rings. The molecule has 6 nitrogen and oxygen atoms in total. The summed E-state index contributed by atoms with van der Waals surface area (Å²) in [4.78, 5) is 21.3. The van der Waals surface area contributed by atoms with Gasteiger partial charge in [0.1, 0.15) is 5.69 Å². The van der Waals surface area contributed by atoms with E-state index < -0.39 is 0 Å². The first-order valence-corrected chi connectivity index (χ1v) is 9.13. The summed E-state index contributed by atoms with van der Waals surface area (Å²) in [6.07, 6.45) is 2.06. The number of aryl methyl sites for hydroxylation is 1. The molecule has 2 saturated heterocycles. The van der Waals surface area contributed by atoms with Crippen LogP contribution in [-0.4, -0.2) is 79.3 Å². The van der Waals surface area contributed by atoms with Gasteiger partial charge < -0.3 is 14.4 Å². The van der Waals surface area contributed by atoms with Gasteiger partial charge in [-0.15, -0.1) is 11.3 Å². The maximum Gasteiger partial charge on any atom is 0.273 e. The summed E-state index contributed by atoms with van der Waals surface area (Å²) in [5.41, 5.74) is 0.578. The molecular weight excluding hydrogens is 314 g/mol. The van der Waals surface area contributed by atoms with Crippen LogP contribution >= 0.6 is 11.3 Å². The molecule has 0 spiro atoms. The van der Waals surface area contributed by atoms with Crippen LogP contribution in [0.3, 0.4) is 0 Å². The summed E-state index contributed by atoms with van der Waals surface area (Å²) >= 11 is 1.53. The zero-order valence-electron chi connectivity index (χ0n) is 13.9. The van der Waals surface area contributed by atoms with E-state index in [4.69, 9.17) is 9.47 Å². The number of likely N-dealkylation sites (tertiary alicyclic amines) is 1. The summed E-state index contributed by atoms with van der Waals surface area (Å²) in [6, 6.07) is 0.383. The maximum atomic E-state index is 12.6. The molecule has 0 bridgehead atoms. The van der Waals surface area contributed by atoms with Gasteiger partial charge in [0.2, 0.25) is 0 Å². The van der Waals surface area contributed by atoms with Crippen LogP contribution in [0, 0.1) is 6.92 Å². The van der Waals surface area contributed by atoms with Crippen molar-refractivity contribution in [2.24, 2.45) is 0 Å². The quantitative estimate of drug-likeness (QED) is 0.830. The number of aromatic nitrogens is 1. The standard InChI is InChI=1S/C16H25N3O3S/c1-12-17-13(11-23-12)16(20)19-5-3-14-15(4-6-19)22-10-8-18(14)7-9-21-2/h11,14-15H,3-10H2,1-2H3. The fraction of sp³-hybridized carbons (Fsp3) is 0.750. The molecule has 2 aliphatic heterocycles. The van der Waals surface area contributed by atoms with Crippen molar-refractivity contribution < 1.29 is 14.3 Å². The van der Waals surface area contributed by atoms with Crippen LogP contribution < -0.4 is 0 Å². The topological polar surface area (TPSA) is 54.9 Å². The molecule has 0 aromatic carbocycles. The first kappa shape index (κ1) is 16.8. The average molecular weight is 339 g/mol. The molecular formula is C16H25N3O3S. The van der Waals surface area contributed by atoms with Crippen molar-refractivity contribution in [2.75, 3.05) is 46.5 Å². The number of carbonyl (C=O) groups excluding carboxylic acids is 1. The van der Waals surface area contributed by atoms with Crippen molar-refractivity contribution >= 4 is 17.2 Å². The van der Waals surface area contributed by atoms with Crippen LogP contribution in [-0.2, 0) is 9.47 Å². The fourth-order valence-electron chi connectivity index (χ4n) is 3.47. The number of morpholine rings is 1. The van der Waals surface area contributed by atoms with E-state index in [1.807, 2.05) is 17.2 Å². The highest BCUT2D eigenvalue weighted by Gasteiger charge is 2.35. The molecule has 3 rings (SSSR count). The van der Waals surface area contributed by atoms with Crippen molar-refractivity contribution in [2.45, 2.75) is 31.9 Å². The third-order valence-corrected chi connectivity index (χ3v) is 5.47. The monoisotopic (exact) mass is 339 g/mol. The Morgan fingerprint density at radius 3 is 3.00 bits per heavy atom. The Kier molecular flexibility index (Phi) is 5.63. The Balaban J connectivity index is 1.64. The minimum Gasteiger partial charge on any atom is -0.383 e. The van der Waals surface area contributed by atoms with Crippen LogP contribution in [0.2, 0.25) is 0 Å². The van der Waals surface area contributed by atoms with Crippen LogP contribution in [0.15, 0.2) is 5.38 Å². The minimum atomic E-state index is 0.0523. The summed E-state index contributed by atoms with van der Waals surface area (Å²) in [6.45, 7) is 6.83. The Bertz CT molecular complexity index is 536. The van der Waals surface area contributed by atoms with E-state index in [0.717, 1.165) is 57.2 Å². The van der Waals surface area contributed by atoms with E-state index in [-0.39, 0.29) is 12.0 Å². The molecule has 0 radical (unpaired) electrons. The highest BCUT2D eigenvalue weighted by molar-refractivity contribution is 7.09. The van der Waals surface area contributed by atoms with Gasteiger partial charge in [0.05, 0.1) is 24.3 Å². The number of methoxy groups -OCH3 is 1. The van der Waals surface area contributed by atoms with Gasteiger partial charge in [-0.2, -0.15) is 0 Å². The minimum absolute atomic E-state index is 0.0523. The lowest BCUT2D eigenvalue weighted by molar-refractivity contribution is -0.0761. The van der Waals surface area contributed by atoms with Gasteiger partial charge in [-0.05, 0) is 19.8 Å². The van der Waals surface area contributed by atoms with Crippen molar-refractivity contribution in [1.82, 2.24) is 14.8 Å². The molecule has 128 valence electrons. The number of nitrogens with zero attached hydrogens (tertiary/aromatic N) is 3. The largest absolute Gasteiger partial charge is 0.383 e. The summed E-state index contributed by atoms with van der Waals surface area (Å²) in [7, 11) is 1.74. The Morgan fingerprint density at radius 2 is 2.26 bits per heavy atom. The fourth-order valence-corrected chi connectivity index (χ4v) is 4.06. The number of thiazole rings is 1. The highest BCUT2D eigenvalue weighted by Crippen LogP contribution is 2.24. The van der Waals surface area contributed by atoms with Gasteiger partial charge in [0.15, 0.2) is 0 Å². The molecule has 3 heterocycles. The molecule has 2 unspecified atom stereocenters. The zero-order chi connectivity index (χ0) is 16.2. The zero-order valence-corrected chi connectivity index (χ0v) is 14.7. The summed E-state index contributed by atoms with van der Waals surface area (Å²) < 4.78 is 11.2. The molecule has 7 heteroatoms. The third-order valence-electron chi connectivity index (χ3n) is 4.69. The average Bonchev–Trinajstić information content (AvgIpc) is 2.87. The lowest BCUT2D eigenvalue weighted by atomic mass is 10.0. The van der Waals surface area contributed by atoms with Gasteiger partial charge in [0.25, 0.3) is 5.91 Å². The van der Waals surface area contributed by atoms with Gasteiger partial charge in [-0.3, -0.25) is 9.69 Å². The molecule has 1 amide bonds. The van der Waals surface area contributed by atoms with Crippen LogP contribution in [0.25, 0.3) is 0 Å². The number of rotatable bonds is 4. The van der Waals surface area contributed by atoms with Crippen LogP contribution in [0.5, 0.6) is 0 Å². The van der Waals surface area contributed by atoms with Gasteiger partial charge in [0, 0.05) is 44.7 Å². The predicted molar refractivity (Wildman–Crippen MR) is 89.0 cm³/mol. The smallest absolute Gasteiger partial charge is 0.273 e. The van der Waals surface area contributed by atoms with E-state index in [1.54, 1.807) is 7.11 Å². The number of hydrogen-bond acceptors (Lipinski definition) is 6. The SMILES string of the molecule is COCCN1CCOC2CCN(C(=O)c3csc(C)n3)CCC21. The molecule has 0 aliphatic carbocycles. The van der Waals surface area contributed by atoms with Crippen LogP contribution in [0.1, 0.15) is 28.3 Å². The van der Waals surface area contributed by atoms with E-state index >= 15 is 0 Å². The lowest BCUT2D eigenvalue weighted by Gasteiger charge is -2.40. The predicted octanol–water partition coefficient (Wildman–Crippen LogP) is 1.40. The number of amides is 1. The van der Waals surface area contributed by atoms with Gasteiger partial charge in [-0.1, -0.05) is 0 Å².